The second-order valence-corrected chi connectivity index (χ2v) is 5.10. The Bertz CT molecular complexity index is 918. The zero-order chi connectivity index (χ0) is 14.1. The molecule has 0 aliphatic carbocycles. The Hall–Kier alpha value is -2.60. The zero-order valence-electron chi connectivity index (χ0n) is 10.2. The van der Waals surface area contributed by atoms with Crippen LogP contribution in [-0.2, 0) is 0 Å². The molecular formula is C14H10N2O3S. The average molecular weight is 286 g/mol. The van der Waals surface area contributed by atoms with E-state index in [1.165, 1.54) is 6.08 Å². The van der Waals surface area contributed by atoms with Gasteiger partial charge in [0, 0.05) is 4.70 Å². The van der Waals surface area contributed by atoms with Crippen LogP contribution in [0, 0.1) is 0 Å². The summed E-state index contributed by atoms with van der Waals surface area (Å²) in [5, 5.41) is 12.6. The maximum absolute atomic E-state index is 11.6. The lowest BCUT2D eigenvalue weighted by molar-refractivity contribution is 0.447. The van der Waals surface area contributed by atoms with Crippen molar-refractivity contribution in [2.45, 2.75) is 0 Å². The Labute approximate surface area is 116 Å². The third-order valence-corrected chi connectivity index (χ3v) is 3.88. The molecule has 2 aromatic heterocycles. The molecule has 3 rings (SSSR count). The molecule has 0 aliphatic heterocycles. The first-order valence-corrected chi connectivity index (χ1v) is 6.73. The van der Waals surface area contributed by atoms with Crippen LogP contribution in [-0.4, -0.2) is 15.1 Å². The smallest absolute Gasteiger partial charge is 0.328 e. The molecule has 2 heterocycles. The van der Waals surface area contributed by atoms with E-state index >= 15 is 0 Å². The van der Waals surface area contributed by atoms with E-state index in [2.05, 4.69) is 9.97 Å². The minimum Gasteiger partial charge on any atom is -0.494 e. The third-order valence-electron chi connectivity index (χ3n) is 2.90. The second-order valence-electron chi connectivity index (χ2n) is 4.19. The number of H-pyrrole nitrogens is 2. The van der Waals surface area contributed by atoms with Crippen molar-refractivity contribution in [2.24, 2.45) is 0 Å². The van der Waals surface area contributed by atoms with Gasteiger partial charge < -0.3 is 5.11 Å². The van der Waals surface area contributed by atoms with Gasteiger partial charge in [0.05, 0.1) is 5.56 Å². The molecule has 5 nitrogen and oxygen atoms in total. The largest absolute Gasteiger partial charge is 0.494 e. The van der Waals surface area contributed by atoms with Crippen LogP contribution in [0.2, 0.25) is 0 Å². The van der Waals surface area contributed by atoms with Crippen LogP contribution >= 0.6 is 11.3 Å². The topological polar surface area (TPSA) is 85.9 Å². The Kier molecular flexibility index (Phi) is 3.00. The van der Waals surface area contributed by atoms with Gasteiger partial charge in [-0.2, -0.15) is 0 Å². The summed E-state index contributed by atoms with van der Waals surface area (Å²) in [5.41, 5.74) is -0.372. The molecule has 0 bridgehead atoms. The van der Waals surface area contributed by atoms with E-state index < -0.39 is 17.1 Å². The number of nitrogens with one attached hydrogen (secondary N) is 2. The molecule has 100 valence electrons. The van der Waals surface area contributed by atoms with E-state index in [1.54, 1.807) is 17.4 Å². The molecule has 0 amide bonds. The molecule has 1 aromatic carbocycles. The first-order chi connectivity index (χ1) is 9.65. The quantitative estimate of drug-likeness (QED) is 0.674. The molecule has 0 saturated carbocycles. The lowest BCUT2D eigenvalue weighted by atomic mass is 10.1. The predicted octanol–water partition coefficient (Wildman–Crippen LogP) is 2.15. The number of thiophene rings is 1. The van der Waals surface area contributed by atoms with Gasteiger partial charge in [0.2, 0.25) is 5.88 Å². The highest BCUT2D eigenvalue weighted by molar-refractivity contribution is 7.17. The highest BCUT2D eigenvalue weighted by atomic mass is 32.1. The zero-order valence-corrected chi connectivity index (χ0v) is 11.0. The number of fused-ring (bicyclic) bond motifs is 1. The van der Waals surface area contributed by atoms with Crippen LogP contribution in [0.4, 0.5) is 0 Å². The van der Waals surface area contributed by atoms with Gasteiger partial charge in [0.25, 0.3) is 5.56 Å². The van der Waals surface area contributed by atoms with Crippen molar-refractivity contribution in [1.29, 1.82) is 0 Å². The third kappa shape index (κ3) is 2.17. The Balaban J connectivity index is 2.07. The Morgan fingerprint density at radius 3 is 2.70 bits per heavy atom. The van der Waals surface area contributed by atoms with Gasteiger partial charge in [-0.1, -0.05) is 24.3 Å². The summed E-state index contributed by atoms with van der Waals surface area (Å²) in [6.45, 7) is 0. The molecule has 20 heavy (non-hydrogen) atoms. The van der Waals surface area contributed by atoms with Gasteiger partial charge in [0.1, 0.15) is 0 Å². The van der Waals surface area contributed by atoms with E-state index in [0.29, 0.717) is 0 Å². The van der Waals surface area contributed by atoms with Gasteiger partial charge in [0.15, 0.2) is 0 Å². The lowest BCUT2D eigenvalue weighted by Crippen LogP contribution is -2.23. The molecule has 0 radical (unpaired) electrons. The Morgan fingerprint density at radius 2 is 1.90 bits per heavy atom. The van der Waals surface area contributed by atoms with Gasteiger partial charge in [-0.3, -0.25) is 14.8 Å². The van der Waals surface area contributed by atoms with Crippen LogP contribution in [0.5, 0.6) is 5.88 Å². The van der Waals surface area contributed by atoms with E-state index in [0.717, 1.165) is 15.6 Å². The van der Waals surface area contributed by atoms with Crippen LogP contribution in [0.3, 0.4) is 0 Å². The monoisotopic (exact) mass is 286 g/mol. The van der Waals surface area contributed by atoms with Crippen molar-refractivity contribution in [2.75, 3.05) is 0 Å². The standard InChI is InChI=1S/C14H10N2O3S/c17-12-10(13(18)16-14(19)15-12)6-5-8-7-20-11-4-2-1-3-9(8)11/h1-7H,(H3,15,16,17,18,19). The van der Waals surface area contributed by atoms with Crippen molar-refractivity contribution in [1.82, 2.24) is 9.97 Å². The van der Waals surface area contributed by atoms with E-state index in [9.17, 15) is 14.7 Å². The minimum atomic E-state index is -0.731. The molecule has 0 aliphatic rings. The average Bonchev–Trinajstić information content (AvgIpc) is 2.81. The number of rotatable bonds is 2. The SMILES string of the molecule is O=c1[nH]c(O)c(C=Cc2csc3ccccc23)c(=O)[nH]1. The van der Waals surface area contributed by atoms with Gasteiger partial charge in [-0.25, -0.2) is 4.79 Å². The van der Waals surface area contributed by atoms with Crippen LogP contribution in [0.25, 0.3) is 22.2 Å². The normalized spacial score (nSPS) is 11.4. The van der Waals surface area contributed by atoms with Crippen LogP contribution in [0.1, 0.15) is 11.1 Å². The molecule has 0 fully saturated rings. The maximum Gasteiger partial charge on any atom is 0.328 e. The van der Waals surface area contributed by atoms with E-state index in [-0.39, 0.29) is 5.56 Å². The summed E-state index contributed by atoms with van der Waals surface area (Å²) in [7, 11) is 0. The fourth-order valence-electron chi connectivity index (χ4n) is 1.94. The van der Waals surface area contributed by atoms with E-state index in [4.69, 9.17) is 0 Å². The molecule has 0 unspecified atom stereocenters. The number of hydrogen-bond acceptors (Lipinski definition) is 4. The number of hydrogen-bond donors (Lipinski definition) is 3. The molecule has 6 heteroatoms. The summed E-state index contributed by atoms with van der Waals surface area (Å²) < 4.78 is 1.15. The fraction of sp³-hybridized carbons (Fsp3) is 0. The summed E-state index contributed by atoms with van der Waals surface area (Å²) in [5.74, 6) is -0.436. The Morgan fingerprint density at radius 1 is 1.10 bits per heavy atom. The predicted molar refractivity (Wildman–Crippen MR) is 80.1 cm³/mol. The van der Waals surface area contributed by atoms with Crippen molar-refractivity contribution in [3.8, 4) is 5.88 Å². The van der Waals surface area contributed by atoms with Gasteiger partial charge in [-0.05, 0) is 28.5 Å². The van der Waals surface area contributed by atoms with Crippen molar-refractivity contribution < 1.29 is 5.11 Å². The van der Waals surface area contributed by atoms with Crippen molar-refractivity contribution >= 4 is 33.6 Å². The fourth-order valence-corrected chi connectivity index (χ4v) is 2.87. The highest BCUT2D eigenvalue weighted by Gasteiger charge is 2.05. The maximum atomic E-state index is 11.6. The van der Waals surface area contributed by atoms with Crippen LogP contribution in [0.15, 0.2) is 39.2 Å². The first kappa shape index (κ1) is 12.4. The number of aromatic amines is 2. The molecule has 3 aromatic rings. The van der Waals surface area contributed by atoms with Crippen molar-refractivity contribution in [3.05, 3.63) is 61.6 Å². The second kappa shape index (κ2) is 4.82. The summed E-state index contributed by atoms with van der Waals surface area (Å²) in [6, 6.07) is 7.91. The first-order valence-electron chi connectivity index (χ1n) is 5.85. The number of aromatic nitrogens is 2. The van der Waals surface area contributed by atoms with Gasteiger partial charge >= 0.3 is 5.69 Å². The van der Waals surface area contributed by atoms with E-state index in [1.807, 2.05) is 29.6 Å². The number of benzene rings is 1. The molecular weight excluding hydrogens is 276 g/mol. The van der Waals surface area contributed by atoms with Crippen LogP contribution < -0.4 is 11.2 Å². The summed E-state index contributed by atoms with van der Waals surface area (Å²) in [4.78, 5) is 26.8. The molecule has 0 spiro atoms. The summed E-state index contributed by atoms with van der Waals surface area (Å²) in [6.07, 6.45) is 3.22. The number of aromatic hydroxyl groups is 1. The molecule has 0 saturated heterocycles. The lowest BCUT2D eigenvalue weighted by Gasteiger charge is -1.96. The van der Waals surface area contributed by atoms with Gasteiger partial charge in [-0.15, -0.1) is 11.3 Å². The highest BCUT2D eigenvalue weighted by Crippen LogP contribution is 2.27. The molecule has 3 N–H and O–H groups in total. The van der Waals surface area contributed by atoms with Crippen molar-refractivity contribution in [3.63, 3.8) is 0 Å². The summed E-state index contributed by atoms with van der Waals surface area (Å²) >= 11 is 1.60. The molecule has 0 atom stereocenters. The minimum absolute atomic E-state index is 0.0277.